The van der Waals surface area contributed by atoms with Crippen LogP contribution in [0.15, 0.2) is 24.8 Å². The smallest absolute Gasteiger partial charge is 0.242 e. The van der Waals surface area contributed by atoms with E-state index in [2.05, 4.69) is 32.1 Å². The van der Waals surface area contributed by atoms with Crippen LogP contribution in [0.25, 0.3) is 11.2 Å². The molecule has 0 radical (unpaired) electrons. The molecule has 1 amide bonds. The number of halogens is 1. The minimum Gasteiger partial charge on any atom is -0.382 e. The van der Waals surface area contributed by atoms with Crippen LogP contribution >= 0.6 is 11.6 Å². The van der Waals surface area contributed by atoms with Crippen molar-refractivity contribution >= 4 is 40.2 Å². The second-order valence-electron chi connectivity index (χ2n) is 8.80. The Kier molecular flexibility index (Phi) is 5.17. The van der Waals surface area contributed by atoms with Gasteiger partial charge in [-0.3, -0.25) is 4.79 Å². The van der Waals surface area contributed by atoms with Crippen molar-refractivity contribution in [1.29, 1.82) is 0 Å². The molecule has 1 aliphatic heterocycles. The van der Waals surface area contributed by atoms with Crippen LogP contribution in [0, 0.1) is 0 Å². The number of hydrogen-bond donors (Lipinski definition) is 3. The van der Waals surface area contributed by atoms with Gasteiger partial charge in [0, 0.05) is 29.8 Å². The average molecular weight is 455 g/mol. The van der Waals surface area contributed by atoms with E-state index in [-0.39, 0.29) is 11.9 Å². The SMILES string of the molecule is CCc1cc(Cl)cc(N2CC[C@](N)(C(=O)NC3CC3)C2)c1Cn1cnc2c(N)ncnc21. The van der Waals surface area contributed by atoms with Gasteiger partial charge in [-0.05, 0) is 48.9 Å². The van der Waals surface area contributed by atoms with E-state index < -0.39 is 5.54 Å². The zero-order valence-corrected chi connectivity index (χ0v) is 18.8. The van der Waals surface area contributed by atoms with E-state index in [1.807, 2.05) is 16.7 Å². The minimum atomic E-state index is -0.905. The second-order valence-corrected chi connectivity index (χ2v) is 9.23. The van der Waals surface area contributed by atoms with E-state index in [0.717, 1.165) is 36.1 Å². The van der Waals surface area contributed by atoms with Crippen LogP contribution in [0.4, 0.5) is 11.5 Å². The lowest BCUT2D eigenvalue weighted by Crippen LogP contribution is -2.56. The summed E-state index contributed by atoms with van der Waals surface area (Å²) in [5, 5.41) is 3.73. The average Bonchev–Trinajstić information content (AvgIpc) is 3.34. The number of anilines is 2. The number of amides is 1. The van der Waals surface area contributed by atoms with Gasteiger partial charge in [-0.15, -0.1) is 0 Å². The Morgan fingerprint density at radius 1 is 1.31 bits per heavy atom. The number of nitrogens with one attached hydrogen (secondary N) is 1. The first-order valence-electron chi connectivity index (χ1n) is 11.0. The van der Waals surface area contributed by atoms with E-state index in [4.69, 9.17) is 23.1 Å². The number of benzene rings is 1. The van der Waals surface area contributed by atoms with Gasteiger partial charge in [-0.1, -0.05) is 18.5 Å². The number of nitrogens with two attached hydrogens (primary N) is 2. The maximum atomic E-state index is 12.8. The Bertz CT molecular complexity index is 1190. The number of nitrogens with zero attached hydrogens (tertiary/aromatic N) is 5. The first-order chi connectivity index (χ1) is 15.4. The quantitative estimate of drug-likeness (QED) is 0.518. The van der Waals surface area contributed by atoms with E-state index in [1.54, 1.807) is 6.33 Å². The van der Waals surface area contributed by atoms with Gasteiger partial charge in [0.1, 0.15) is 17.4 Å². The molecule has 0 spiro atoms. The molecule has 1 aliphatic carbocycles. The van der Waals surface area contributed by atoms with Crippen molar-refractivity contribution in [2.75, 3.05) is 23.7 Å². The lowest BCUT2D eigenvalue weighted by Gasteiger charge is -2.27. The second kappa shape index (κ2) is 7.90. The van der Waals surface area contributed by atoms with E-state index in [9.17, 15) is 4.79 Å². The molecule has 2 aromatic heterocycles. The molecule has 5 rings (SSSR count). The predicted molar refractivity (Wildman–Crippen MR) is 125 cm³/mol. The number of carbonyl (C=O) groups is 1. The van der Waals surface area contributed by atoms with Crippen LogP contribution in [0.1, 0.15) is 37.3 Å². The molecule has 9 nitrogen and oxygen atoms in total. The lowest BCUT2D eigenvalue weighted by molar-refractivity contribution is -0.125. The van der Waals surface area contributed by atoms with Gasteiger partial charge in [-0.2, -0.15) is 0 Å². The number of nitrogen functional groups attached to an aromatic ring is 1. The maximum Gasteiger partial charge on any atom is 0.242 e. The molecule has 168 valence electrons. The summed E-state index contributed by atoms with van der Waals surface area (Å²) in [5.41, 5.74) is 16.1. The topological polar surface area (TPSA) is 128 Å². The van der Waals surface area contributed by atoms with Crippen LogP contribution in [0.5, 0.6) is 0 Å². The first-order valence-corrected chi connectivity index (χ1v) is 11.3. The summed E-state index contributed by atoms with van der Waals surface area (Å²) in [4.78, 5) is 27.7. The molecule has 10 heteroatoms. The Morgan fingerprint density at radius 2 is 2.12 bits per heavy atom. The van der Waals surface area contributed by atoms with E-state index in [0.29, 0.717) is 48.1 Å². The van der Waals surface area contributed by atoms with Crippen molar-refractivity contribution in [1.82, 2.24) is 24.8 Å². The highest BCUT2D eigenvalue weighted by Crippen LogP contribution is 2.35. The highest BCUT2D eigenvalue weighted by atomic mass is 35.5. The molecule has 2 aliphatic rings. The Balaban J connectivity index is 1.49. The minimum absolute atomic E-state index is 0.0606. The molecule has 32 heavy (non-hydrogen) atoms. The number of fused-ring (bicyclic) bond motifs is 1. The standard InChI is InChI=1S/C22H27ClN8O/c1-2-13-7-14(23)8-17(30-6-5-22(25,10-30)21(32)29-15-3-4-15)16(13)9-31-12-28-18-19(24)26-11-27-20(18)31/h7-8,11-12,15H,2-6,9-10,25H2,1H3,(H,29,32)(H2,24,26,27)/t22-/m1/s1. The van der Waals surface area contributed by atoms with Crippen molar-refractivity contribution in [3.05, 3.63) is 40.9 Å². The highest BCUT2D eigenvalue weighted by molar-refractivity contribution is 6.31. The van der Waals surface area contributed by atoms with Crippen molar-refractivity contribution < 1.29 is 4.79 Å². The molecule has 3 aromatic rings. The van der Waals surface area contributed by atoms with E-state index >= 15 is 0 Å². The largest absolute Gasteiger partial charge is 0.382 e. The van der Waals surface area contributed by atoms with Crippen LogP contribution in [-0.2, 0) is 17.8 Å². The molecular weight excluding hydrogens is 428 g/mol. The monoisotopic (exact) mass is 454 g/mol. The van der Waals surface area contributed by atoms with E-state index in [1.165, 1.54) is 6.33 Å². The normalized spacial score (nSPS) is 20.8. The number of rotatable bonds is 6. The molecule has 2 fully saturated rings. The first kappa shape index (κ1) is 21.0. The van der Waals surface area contributed by atoms with Gasteiger partial charge in [0.05, 0.1) is 12.9 Å². The van der Waals surface area contributed by atoms with Gasteiger partial charge >= 0.3 is 0 Å². The van der Waals surface area contributed by atoms with Crippen molar-refractivity contribution in [2.24, 2.45) is 5.73 Å². The summed E-state index contributed by atoms with van der Waals surface area (Å²) in [6.07, 6.45) is 6.66. The third-order valence-corrected chi connectivity index (χ3v) is 6.65. The van der Waals surface area contributed by atoms with Gasteiger partial charge in [0.25, 0.3) is 0 Å². The summed E-state index contributed by atoms with van der Waals surface area (Å²) in [5.74, 6) is 0.296. The molecule has 1 saturated heterocycles. The van der Waals surface area contributed by atoms with Gasteiger partial charge in [0.15, 0.2) is 11.5 Å². The van der Waals surface area contributed by atoms with Gasteiger partial charge in [-0.25, -0.2) is 15.0 Å². The third kappa shape index (κ3) is 3.75. The summed E-state index contributed by atoms with van der Waals surface area (Å²) in [6.45, 7) is 3.78. The molecule has 5 N–H and O–H groups in total. The number of hydrogen-bond acceptors (Lipinski definition) is 7. The predicted octanol–water partition coefficient (Wildman–Crippen LogP) is 1.86. The molecule has 0 bridgehead atoms. The summed E-state index contributed by atoms with van der Waals surface area (Å²) < 4.78 is 1.96. The fourth-order valence-electron chi connectivity index (χ4n) is 4.42. The van der Waals surface area contributed by atoms with Crippen molar-refractivity contribution in [2.45, 2.75) is 50.7 Å². The fourth-order valence-corrected chi connectivity index (χ4v) is 4.66. The number of aromatic nitrogens is 4. The Labute approximate surface area is 191 Å². The molecule has 1 atom stereocenters. The van der Waals surface area contributed by atoms with Crippen LogP contribution in [0.2, 0.25) is 5.02 Å². The highest BCUT2D eigenvalue weighted by Gasteiger charge is 2.43. The van der Waals surface area contributed by atoms with Crippen molar-refractivity contribution in [3.63, 3.8) is 0 Å². The summed E-state index contributed by atoms with van der Waals surface area (Å²) in [7, 11) is 0. The van der Waals surface area contributed by atoms with Crippen LogP contribution < -0.4 is 21.7 Å². The summed E-state index contributed by atoms with van der Waals surface area (Å²) in [6, 6.07) is 4.24. The number of imidazole rings is 1. The molecule has 1 aromatic carbocycles. The molecular formula is C22H27ClN8O. The fraction of sp³-hybridized carbons (Fsp3) is 0.455. The molecule has 1 saturated carbocycles. The lowest BCUT2D eigenvalue weighted by atomic mass is 9.98. The summed E-state index contributed by atoms with van der Waals surface area (Å²) >= 11 is 6.49. The van der Waals surface area contributed by atoms with Crippen LogP contribution in [-0.4, -0.2) is 50.1 Å². The molecule has 0 unspecified atom stereocenters. The van der Waals surface area contributed by atoms with Crippen LogP contribution in [0.3, 0.4) is 0 Å². The van der Waals surface area contributed by atoms with Gasteiger partial charge in [0.2, 0.25) is 5.91 Å². The maximum absolute atomic E-state index is 12.8. The zero-order chi connectivity index (χ0) is 22.5. The third-order valence-electron chi connectivity index (χ3n) is 6.43. The zero-order valence-electron chi connectivity index (χ0n) is 18.0. The molecule has 3 heterocycles. The van der Waals surface area contributed by atoms with Gasteiger partial charge < -0.3 is 26.3 Å². The number of aryl methyl sites for hydroxylation is 1. The Hall–Kier alpha value is -2.91. The van der Waals surface area contributed by atoms with Crippen molar-refractivity contribution in [3.8, 4) is 0 Å². The Morgan fingerprint density at radius 3 is 2.88 bits per heavy atom. The number of carbonyl (C=O) groups excluding carboxylic acids is 1.